The minimum absolute atomic E-state index is 0.0821. The molecule has 0 spiro atoms. The number of carbonyl (C=O) groups excluding carboxylic acids is 1. The Kier molecular flexibility index (Phi) is 7.30. The molecule has 1 fully saturated rings. The molecule has 1 aromatic carbocycles. The van der Waals surface area contributed by atoms with Gasteiger partial charge in [-0.25, -0.2) is 0 Å². The maximum absolute atomic E-state index is 12.0. The molecule has 1 amide bonds. The highest BCUT2D eigenvalue weighted by Gasteiger charge is 2.19. The van der Waals surface area contributed by atoms with Gasteiger partial charge in [0, 0.05) is 18.2 Å². The largest absolute Gasteiger partial charge is 0.387 e. The van der Waals surface area contributed by atoms with E-state index < -0.39 is 12.2 Å². The fraction of sp³-hybridized carbons (Fsp3) is 0.588. The number of halogens is 1. The van der Waals surface area contributed by atoms with Gasteiger partial charge in [-0.3, -0.25) is 4.79 Å². The fourth-order valence-electron chi connectivity index (χ4n) is 2.41. The first-order chi connectivity index (χ1) is 11.1. The number of benzene rings is 1. The molecule has 1 saturated heterocycles. The summed E-state index contributed by atoms with van der Waals surface area (Å²) in [6, 6.07) is 6.88. The topological polar surface area (TPSA) is 67.8 Å². The van der Waals surface area contributed by atoms with Crippen LogP contribution in [-0.4, -0.2) is 43.0 Å². The second-order valence-electron chi connectivity index (χ2n) is 5.78. The van der Waals surface area contributed by atoms with Gasteiger partial charge in [0.25, 0.3) is 0 Å². The van der Waals surface area contributed by atoms with Crippen LogP contribution in [0.3, 0.4) is 0 Å². The van der Waals surface area contributed by atoms with Gasteiger partial charge in [0.05, 0.1) is 18.8 Å². The smallest absolute Gasteiger partial charge is 0.248 e. The molecule has 0 radical (unpaired) electrons. The first kappa shape index (κ1) is 18.2. The first-order valence-electron chi connectivity index (χ1n) is 8.00. The SMILES string of the molecule is C[C@H](OC[C@H]1CCCCO1)C(=O)NC[C@H](O)c1ccc(Cl)cc1. The van der Waals surface area contributed by atoms with Crippen molar-refractivity contribution in [3.63, 3.8) is 0 Å². The third-order valence-electron chi connectivity index (χ3n) is 3.90. The van der Waals surface area contributed by atoms with Gasteiger partial charge in [0.2, 0.25) is 5.91 Å². The van der Waals surface area contributed by atoms with Crippen LogP contribution in [0.5, 0.6) is 0 Å². The molecule has 2 N–H and O–H groups in total. The molecule has 1 aliphatic rings. The number of hydrogen-bond acceptors (Lipinski definition) is 4. The minimum Gasteiger partial charge on any atom is -0.387 e. The molecule has 128 valence electrons. The summed E-state index contributed by atoms with van der Waals surface area (Å²) in [4.78, 5) is 12.0. The van der Waals surface area contributed by atoms with Crippen LogP contribution in [0.25, 0.3) is 0 Å². The molecular formula is C17H24ClNO4. The van der Waals surface area contributed by atoms with Crippen molar-refractivity contribution in [3.8, 4) is 0 Å². The average molecular weight is 342 g/mol. The van der Waals surface area contributed by atoms with Gasteiger partial charge in [-0.1, -0.05) is 23.7 Å². The van der Waals surface area contributed by atoms with Crippen LogP contribution in [0.2, 0.25) is 5.02 Å². The molecule has 0 aliphatic carbocycles. The average Bonchev–Trinajstić information content (AvgIpc) is 2.58. The maximum Gasteiger partial charge on any atom is 0.248 e. The molecule has 1 aliphatic heterocycles. The van der Waals surface area contributed by atoms with Crippen LogP contribution in [0.1, 0.15) is 37.9 Å². The minimum atomic E-state index is -0.773. The highest BCUT2D eigenvalue weighted by Crippen LogP contribution is 2.16. The lowest BCUT2D eigenvalue weighted by atomic mass is 10.1. The first-order valence-corrected chi connectivity index (χ1v) is 8.38. The Labute approximate surface area is 141 Å². The predicted molar refractivity (Wildman–Crippen MR) is 88.4 cm³/mol. The summed E-state index contributed by atoms with van der Waals surface area (Å²) >= 11 is 5.81. The Morgan fingerprint density at radius 2 is 2.17 bits per heavy atom. The van der Waals surface area contributed by atoms with Gasteiger partial charge in [-0.2, -0.15) is 0 Å². The summed E-state index contributed by atoms with van der Waals surface area (Å²) in [5.41, 5.74) is 0.707. The number of aliphatic hydroxyl groups is 1. The summed E-state index contributed by atoms with van der Waals surface area (Å²) in [6.45, 7) is 3.02. The number of hydrogen-bond donors (Lipinski definition) is 2. The zero-order chi connectivity index (χ0) is 16.7. The Balaban J connectivity index is 1.69. The Bertz CT molecular complexity index is 488. The lowest BCUT2D eigenvalue weighted by Crippen LogP contribution is -2.38. The molecule has 5 nitrogen and oxygen atoms in total. The Morgan fingerprint density at radius 3 is 2.83 bits per heavy atom. The van der Waals surface area contributed by atoms with E-state index >= 15 is 0 Å². The summed E-state index contributed by atoms with van der Waals surface area (Å²) < 4.78 is 11.1. The quantitative estimate of drug-likeness (QED) is 0.799. The highest BCUT2D eigenvalue weighted by molar-refractivity contribution is 6.30. The molecule has 0 aromatic heterocycles. The summed E-state index contributed by atoms with van der Waals surface area (Å²) in [7, 11) is 0. The molecule has 2 rings (SSSR count). The molecule has 23 heavy (non-hydrogen) atoms. The number of nitrogens with one attached hydrogen (secondary N) is 1. The van der Waals surface area contributed by atoms with Crippen LogP contribution in [0, 0.1) is 0 Å². The van der Waals surface area contributed by atoms with Crippen molar-refractivity contribution in [2.24, 2.45) is 0 Å². The van der Waals surface area contributed by atoms with E-state index in [0.717, 1.165) is 25.9 Å². The lowest BCUT2D eigenvalue weighted by molar-refractivity contribution is -0.136. The third-order valence-corrected chi connectivity index (χ3v) is 4.15. The summed E-state index contributed by atoms with van der Waals surface area (Å²) in [6.07, 6.45) is 1.95. The van der Waals surface area contributed by atoms with Crippen LogP contribution < -0.4 is 5.32 Å². The second-order valence-corrected chi connectivity index (χ2v) is 6.21. The summed E-state index contributed by atoms with van der Waals surface area (Å²) in [5.74, 6) is -0.242. The van der Waals surface area contributed by atoms with Crippen molar-refractivity contribution in [2.45, 2.75) is 44.5 Å². The number of aliphatic hydroxyl groups excluding tert-OH is 1. The van der Waals surface area contributed by atoms with Crippen molar-refractivity contribution < 1.29 is 19.4 Å². The molecule has 0 unspecified atom stereocenters. The molecule has 3 atom stereocenters. The number of amides is 1. The maximum atomic E-state index is 12.0. The fourth-order valence-corrected chi connectivity index (χ4v) is 2.54. The van der Waals surface area contributed by atoms with Crippen molar-refractivity contribution in [2.75, 3.05) is 19.8 Å². The standard InChI is InChI=1S/C17H24ClNO4/c1-12(23-11-15-4-2-3-9-22-15)17(21)19-10-16(20)13-5-7-14(18)8-6-13/h5-8,12,15-16,20H,2-4,9-11H2,1H3,(H,19,21)/t12-,15+,16-/m0/s1. The monoisotopic (exact) mass is 341 g/mol. The molecule has 1 heterocycles. The van der Waals surface area contributed by atoms with Crippen LogP contribution >= 0.6 is 11.6 Å². The van der Waals surface area contributed by atoms with E-state index in [-0.39, 0.29) is 18.6 Å². The Morgan fingerprint density at radius 1 is 1.43 bits per heavy atom. The van der Waals surface area contributed by atoms with Gasteiger partial charge < -0.3 is 19.9 Å². The van der Waals surface area contributed by atoms with E-state index in [2.05, 4.69) is 5.32 Å². The van der Waals surface area contributed by atoms with Crippen molar-refractivity contribution in [1.82, 2.24) is 5.32 Å². The van der Waals surface area contributed by atoms with Crippen molar-refractivity contribution in [3.05, 3.63) is 34.9 Å². The zero-order valence-corrected chi connectivity index (χ0v) is 14.1. The van der Waals surface area contributed by atoms with Gasteiger partial charge in [0.1, 0.15) is 6.10 Å². The molecule has 0 bridgehead atoms. The molecule has 0 saturated carbocycles. The molecular weight excluding hydrogens is 318 g/mol. The van der Waals surface area contributed by atoms with E-state index in [1.54, 1.807) is 31.2 Å². The Hall–Kier alpha value is -1.14. The van der Waals surface area contributed by atoms with Crippen molar-refractivity contribution in [1.29, 1.82) is 0 Å². The zero-order valence-electron chi connectivity index (χ0n) is 13.3. The van der Waals surface area contributed by atoms with Crippen LogP contribution in [-0.2, 0) is 14.3 Å². The van der Waals surface area contributed by atoms with Crippen LogP contribution in [0.15, 0.2) is 24.3 Å². The van der Waals surface area contributed by atoms with Gasteiger partial charge in [-0.05, 0) is 43.9 Å². The molecule has 1 aromatic rings. The van der Waals surface area contributed by atoms with Gasteiger partial charge >= 0.3 is 0 Å². The van der Waals surface area contributed by atoms with E-state index in [9.17, 15) is 9.90 Å². The third kappa shape index (κ3) is 6.11. The number of rotatable bonds is 7. The van der Waals surface area contributed by atoms with Gasteiger partial charge in [0.15, 0.2) is 0 Å². The normalized spacial score (nSPS) is 20.7. The number of carbonyl (C=O) groups is 1. The predicted octanol–water partition coefficient (Wildman–Crippen LogP) is 2.46. The van der Waals surface area contributed by atoms with E-state index in [1.807, 2.05) is 0 Å². The lowest BCUT2D eigenvalue weighted by Gasteiger charge is -2.24. The van der Waals surface area contributed by atoms with E-state index in [4.69, 9.17) is 21.1 Å². The van der Waals surface area contributed by atoms with E-state index in [0.29, 0.717) is 17.2 Å². The highest BCUT2D eigenvalue weighted by atomic mass is 35.5. The van der Waals surface area contributed by atoms with Crippen LogP contribution in [0.4, 0.5) is 0 Å². The second kappa shape index (κ2) is 9.23. The van der Waals surface area contributed by atoms with Crippen molar-refractivity contribution >= 4 is 17.5 Å². The van der Waals surface area contributed by atoms with E-state index in [1.165, 1.54) is 0 Å². The summed E-state index contributed by atoms with van der Waals surface area (Å²) in [5, 5.41) is 13.4. The molecule has 6 heteroatoms. The van der Waals surface area contributed by atoms with Gasteiger partial charge in [-0.15, -0.1) is 0 Å². The number of ether oxygens (including phenoxy) is 2.